The van der Waals surface area contributed by atoms with Crippen LogP contribution < -0.4 is 10.6 Å². The van der Waals surface area contributed by atoms with Crippen molar-refractivity contribution in [2.75, 3.05) is 12.4 Å². The highest BCUT2D eigenvalue weighted by molar-refractivity contribution is 5.99. The van der Waals surface area contributed by atoms with Crippen LogP contribution in [0.4, 0.5) is 5.69 Å². The van der Waals surface area contributed by atoms with E-state index >= 15 is 0 Å². The summed E-state index contributed by atoms with van der Waals surface area (Å²) >= 11 is 0. The van der Waals surface area contributed by atoms with Crippen molar-refractivity contribution in [2.45, 2.75) is 25.4 Å². The van der Waals surface area contributed by atoms with E-state index in [0.717, 1.165) is 16.8 Å². The van der Waals surface area contributed by atoms with Gasteiger partial charge >= 0.3 is 0 Å². The van der Waals surface area contributed by atoms with Gasteiger partial charge in [0, 0.05) is 37.0 Å². The monoisotopic (exact) mass is 271 g/mol. The summed E-state index contributed by atoms with van der Waals surface area (Å²) in [6, 6.07) is 5.71. The highest BCUT2D eigenvalue weighted by Crippen LogP contribution is 2.30. The molecule has 0 saturated carbocycles. The van der Waals surface area contributed by atoms with Crippen LogP contribution in [0.5, 0.6) is 0 Å². The van der Waals surface area contributed by atoms with Crippen molar-refractivity contribution < 1.29 is 9.59 Å². The first-order chi connectivity index (χ1) is 9.60. The molecule has 2 N–H and O–H groups in total. The molecular formula is C15H17N3O2. The number of carbonyl (C=O) groups excluding carboxylic acids is 2. The van der Waals surface area contributed by atoms with E-state index in [1.165, 1.54) is 0 Å². The lowest BCUT2D eigenvalue weighted by atomic mass is 10.0. The molecule has 1 aromatic rings. The average molecular weight is 271 g/mol. The molecule has 20 heavy (non-hydrogen) atoms. The first kappa shape index (κ1) is 12.7. The third-order valence-electron chi connectivity index (χ3n) is 3.95. The zero-order chi connectivity index (χ0) is 14.3. The molecule has 2 heterocycles. The smallest absolute Gasteiger partial charge is 0.255 e. The molecule has 3 rings (SSSR count). The Balaban J connectivity index is 1.86. The van der Waals surface area contributed by atoms with Gasteiger partial charge in [-0.15, -0.1) is 0 Å². The minimum Gasteiger partial charge on any atom is -0.388 e. The summed E-state index contributed by atoms with van der Waals surface area (Å²) in [5, 5.41) is 5.78. The Labute approximate surface area is 117 Å². The average Bonchev–Trinajstić information content (AvgIpc) is 2.76. The molecule has 1 saturated heterocycles. The van der Waals surface area contributed by atoms with Crippen LogP contribution in [0.2, 0.25) is 0 Å². The van der Waals surface area contributed by atoms with Crippen LogP contribution in [0.25, 0.3) is 0 Å². The Morgan fingerprint density at radius 1 is 1.40 bits per heavy atom. The molecule has 0 aliphatic carbocycles. The van der Waals surface area contributed by atoms with Crippen molar-refractivity contribution in [2.24, 2.45) is 0 Å². The first-order valence-electron chi connectivity index (χ1n) is 6.70. The molecule has 1 fully saturated rings. The molecule has 2 aliphatic heterocycles. The van der Waals surface area contributed by atoms with Gasteiger partial charge in [-0.25, -0.2) is 0 Å². The SMILES string of the molecule is C=C1NC(=O)CCC1N1Cc2ccc(NC)cc2C1=O. The van der Waals surface area contributed by atoms with E-state index in [1.54, 1.807) is 4.90 Å². The quantitative estimate of drug-likeness (QED) is 0.856. The number of nitrogens with zero attached hydrogens (tertiary/aromatic N) is 1. The lowest BCUT2D eigenvalue weighted by Crippen LogP contribution is -2.45. The van der Waals surface area contributed by atoms with Crippen LogP contribution in [-0.2, 0) is 11.3 Å². The van der Waals surface area contributed by atoms with Crippen molar-refractivity contribution in [3.8, 4) is 0 Å². The van der Waals surface area contributed by atoms with Gasteiger partial charge in [0.25, 0.3) is 5.91 Å². The molecule has 0 spiro atoms. The van der Waals surface area contributed by atoms with Gasteiger partial charge < -0.3 is 15.5 Å². The fraction of sp³-hybridized carbons (Fsp3) is 0.333. The third kappa shape index (κ3) is 1.95. The summed E-state index contributed by atoms with van der Waals surface area (Å²) in [6.45, 7) is 4.46. The Morgan fingerprint density at radius 2 is 2.20 bits per heavy atom. The molecule has 1 aromatic carbocycles. The van der Waals surface area contributed by atoms with Crippen molar-refractivity contribution in [1.29, 1.82) is 0 Å². The number of amides is 2. The molecule has 104 valence electrons. The second-order valence-corrected chi connectivity index (χ2v) is 5.18. The summed E-state index contributed by atoms with van der Waals surface area (Å²) in [5.74, 6) is -0.00715. The van der Waals surface area contributed by atoms with Crippen molar-refractivity contribution in [1.82, 2.24) is 10.2 Å². The lowest BCUT2D eigenvalue weighted by Gasteiger charge is -2.32. The van der Waals surface area contributed by atoms with Gasteiger partial charge in [-0.3, -0.25) is 9.59 Å². The van der Waals surface area contributed by atoms with E-state index in [-0.39, 0.29) is 17.9 Å². The summed E-state index contributed by atoms with van der Waals surface area (Å²) in [5.41, 5.74) is 3.31. The molecule has 0 aromatic heterocycles. The summed E-state index contributed by atoms with van der Waals surface area (Å²) < 4.78 is 0. The molecule has 2 amide bonds. The molecule has 1 atom stereocenters. The number of anilines is 1. The zero-order valence-corrected chi connectivity index (χ0v) is 11.4. The van der Waals surface area contributed by atoms with E-state index in [2.05, 4.69) is 17.2 Å². The Hall–Kier alpha value is -2.30. The second-order valence-electron chi connectivity index (χ2n) is 5.18. The van der Waals surface area contributed by atoms with Crippen molar-refractivity contribution >= 4 is 17.5 Å². The number of benzene rings is 1. The number of hydrogen-bond acceptors (Lipinski definition) is 3. The predicted molar refractivity (Wildman–Crippen MR) is 76.2 cm³/mol. The Morgan fingerprint density at radius 3 is 2.90 bits per heavy atom. The van der Waals surface area contributed by atoms with E-state index in [4.69, 9.17) is 0 Å². The molecular weight excluding hydrogens is 254 g/mol. The Kier molecular flexibility index (Phi) is 2.97. The fourth-order valence-corrected chi connectivity index (χ4v) is 2.84. The van der Waals surface area contributed by atoms with E-state index in [0.29, 0.717) is 25.1 Å². The number of rotatable bonds is 2. The van der Waals surface area contributed by atoms with Gasteiger partial charge in [0.15, 0.2) is 0 Å². The Bertz CT molecular complexity index is 609. The number of carbonyl (C=O) groups is 2. The molecule has 1 unspecified atom stereocenters. The summed E-state index contributed by atoms with van der Waals surface area (Å²) in [6.07, 6.45) is 1.08. The fourth-order valence-electron chi connectivity index (χ4n) is 2.84. The highest BCUT2D eigenvalue weighted by atomic mass is 16.2. The highest BCUT2D eigenvalue weighted by Gasteiger charge is 2.36. The van der Waals surface area contributed by atoms with Crippen molar-refractivity contribution in [3.05, 3.63) is 41.6 Å². The lowest BCUT2D eigenvalue weighted by molar-refractivity contribution is -0.121. The van der Waals surface area contributed by atoms with Crippen LogP contribution in [-0.4, -0.2) is 29.8 Å². The number of fused-ring (bicyclic) bond motifs is 1. The van der Waals surface area contributed by atoms with Crippen LogP contribution in [0, 0.1) is 0 Å². The van der Waals surface area contributed by atoms with Crippen molar-refractivity contribution in [3.63, 3.8) is 0 Å². The van der Waals surface area contributed by atoms with Crippen LogP contribution in [0.1, 0.15) is 28.8 Å². The molecule has 5 heteroatoms. The number of piperidine rings is 1. The third-order valence-corrected chi connectivity index (χ3v) is 3.95. The largest absolute Gasteiger partial charge is 0.388 e. The number of hydrogen-bond donors (Lipinski definition) is 2. The standard InChI is InChI=1S/C15H17N3O2/c1-9-13(5-6-14(19)17-9)18-8-10-3-4-11(16-2)7-12(10)15(18)20/h3-4,7,13,16H,1,5-6,8H2,2H3,(H,17,19). The second kappa shape index (κ2) is 4.67. The summed E-state index contributed by atoms with van der Waals surface area (Å²) in [4.78, 5) is 25.7. The maximum absolute atomic E-state index is 12.5. The van der Waals surface area contributed by atoms with Gasteiger partial charge in [-0.05, 0) is 24.1 Å². The zero-order valence-electron chi connectivity index (χ0n) is 11.4. The van der Waals surface area contributed by atoms with Gasteiger partial charge in [-0.1, -0.05) is 12.6 Å². The molecule has 0 bridgehead atoms. The normalized spacial score (nSPS) is 21.8. The summed E-state index contributed by atoms with van der Waals surface area (Å²) in [7, 11) is 1.83. The maximum atomic E-state index is 12.5. The number of nitrogens with one attached hydrogen (secondary N) is 2. The molecule has 2 aliphatic rings. The van der Waals surface area contributed by atoms with E-state index < -0.39 is 0 Å². The molecule has 0 radical (unpaired) electrons. The van der Waals surface area contributed by atoms with Gasteiger partial charge in [0.1, 0.15) is 0 Å². The molecule has 5 nitrogen and oxygen atoms in total. The van der Waals surface area contributed by atoms with Crippen LogP contribution in [0.15, 0.2) is 30.5 Å². The van der Waals surface area contributed by atoms with E-state index in [1.807, 2.05) is 25.2 Å². The van der Waals surface area contributed by atoms with Gasteiger partial charge in [0.2, 0.25) is 5.91 Å². The topological polar surface area (TPSA) is 61.4 Å². The van der Waals surface area contributed by atoms with Crippen LogP contribution >= 0.6 is 0 Å². The first-order valence-corrected chi connectivity index (χ1v) is 6.70. The maximum Gasteiger partial charge on any atom is 0.255 e. The minimum atomic E-state index is -0.106. The predicted octanol–water partition coefficient (Wildman–Crippen LogP) is 1.48. The van der Waals surface area contributed by atoms with E-state index in [9.17, 15) is 9.59 Å². The minimum absolute atomic E-state index is 0.0133. The van der Waals surface area contributed by atoms with Crippen LogP contribution in [0.3, 0.4) is 0 Å². The van der Waals surface area contributed by atoms with Gasteiger partial charge in [-0.2, -0.15) is 0 Å². The van der Waals surface area contributed by atoms with Gasteiger partial charge in [0.05, 0.1) is 6.04 Å².